The first kappa shape index (κ1) is 17.6. The molecular weight excluding hydrogens is 324 g/mol. The van der Waals surface area contributed by atoms with Gasteiger partial charge in [0.2, 0.25) is 20.0 Å². The molecule has 0 atom stereocenters. The summed E-state index contributed by atoms with van der Waals surface area (Å²) in [6.07, 6.45) is 2.04. The predicted octanol–water partition coefficient (Wildman–Crippen LogP) is -1.81. The molecule has 3 N–H and O–H groups in total. The molecule has 1 heterocycles. The van der Waals surface area contributed by atoms with Crippen molar-refractivity contribution in [2.75, 3.05) is 18.8 Å². The number of hydrogen-bond acceptors (Lipinski definition) is 6. The molecule has 0 aliphatic heterocycles. The first-order chi connectivity index (χ1) is 9.66. The predicted molar refractivity (Wildman–Crippen MR) is 72.5 cm³/mol. The van der Waals surface area contributed by atoms with Gasteiger partial charge < -0.3 is 5.11 Å². The summed E-state index contributed by atoms with van der Waals surface area (Å²) in [5.74, 6) is -1.56. The third kappa shape index (κ3) is 5.79. The van der Waals surface area contributed by atoms with Crippen LogP contribution in [0.25, 0.3) is 0 Å². The Kier molecular flexibility index (Phi) is 5.83. The average Bonchev–Trinajstić information content (AvgIpc) is 2.76. The van der Waals surface area contributed by atoms with E-state index in [1.807, 2.05) is 0 Å². The molecule has 0 aliphatic carbocycles. The van der Waals surface area contributed by atoms with Crippen molar-refractivity contribution < 1.29 is 26.7 Å². The van der Waals surface area contributed by atoms with Crippen LogP contribution in [0.2, 0.25) is 0 Å². The topological polar surface area (TPSA) is 147 Å². The van der Waals surface area contributed by atoms with Gasteiger partial charge in [-0.3, -0.25) is 9.48 Å². The van der Waals surface area contributed by atoms with Gasteiger partial charge in [0, 0.05) is 19.3 Å². The largest absolute Gasteiger partial charge is 0.480 e. The quantitative estimate of drug-likeness (QED) is 0.479. The fraction of sp³-hybridized carbons (Fsp3) is 0.556. The van der Waals surface area contributed by atoms with Crippen LogP contribution < -0.4 is 9.44 Å². The highest BCUT2D eigenvalue weighted by Crippen LogP contribution is 2.06. The fourth-order valence-electron chi connectivity index (χ4n) is 1.39. The van der Waals surface area contributed by atoms with Crippen LogP contribution >= 0.6 is 0 Å². The Hall–Kier alpha value is -1.50. The normalized spacial score (nSPS) is 12.4. The highest BCUT2D eigenvalue weighted by molar-refractivity contribution is 7.90. The number of sulfonamides is 2. The second kappa shape index (κ2) is 6.98. The molecule has 0 fully saturated rings. The summed E-state index contributed by atoms with van der Waals surface area (Å²) in [4.78, 5) is 10.2. The molecule has 0 spiro atoms. The highest BCUT2D eigenvalue weighted by Gasteiger charge is 2.18. The summed E-state index contributed by atoms with van der Waals surface area (Å²) in [6, 6.07) is 0. The number of rotatable bonds is 9. The molecule has 1 aromatic rings. The maximum Gasteiger partial charge on any atom is 0.325 e. The summed E-state index contributed by atoms with van der Waals surface area (Å²) < 4.78 is 51.7. The van der Waals surface area contributed by atoms with E-state index in [1.165, 1.54) is 0 Å². The van der Waals surface area contributed by atoms with Crippen molar-refractivity contribution in [2.24, 2.45) is 0 Å². The lowest BCUT2D eigenvalue weighted by molar-refractivity contribution is -0.137. The van der Waals surface area contributed by atoms with Crippen LogP contribution in [0.5, 0.6) is 0 Å². The van der Waals surface area contributed by atoms with Crippen molar-refractivity contribution in [3.63, 3.8) is 0 Å². The smallest absolute Gasteiger partial charge is 0.325 e. The van der Waals surface area contributed by atoms with E-state index in [-0.39, 0.29) is 18.0 Å². The molecule has 12 heteroatoms. The summed E-state index contributed by atoms with van der Waals surface area (Å²) in [5.41, 5.74) is 0. The molecule has 21 heavy (non-hydrogen) atoms. The molecule has 0 amide bonds. The van der Waals surface area contributed by atoms with E-state index in [1.54, 1.807) is 6.92 Å². The second-order valence-electron chi connectivity index (χ2n) is 3.98. The molecule has 0 saturated heterocycles. The SMILES string of the molecule is CCNS(=O)(=O)CCNS(=O)(=O)c1cnn(CC(=O)O)c1. The van der Waals surface area contributed by atoms with Crippen LogP contribution in [0.1, 0.15) is 6.92 Å². The van der Waals surface area contributed by atoms with Crippen molar-refractivity contribution in [1.29, 1.82) is 0 Å². The molecule has 10 nitrogen and oxygen atoms in total. The zero-order valence-corrected chi connectivity index (χ0v) is 12.8. The zero-order valence-electron chi connectivity index (χ0n) is 11.2. The fourth-order valence-corrected chi connectivity index (χ4v) is 3.46. The van der Waals surface area contributed by atoms with Gasteiger partial charge in [0.15, 0.2) is 0 Å². The van der Waals surface area contributed by atoms with Crippen molar-refractivity contribution >= 4 is 26.0 Å². The monoisotopic (exact) mass is 340 g/mol. The molecule has 1 rings (SSSR count). The van der Waals surface area contributed by atoms with Crippen LogP contribution in [0.15, 0.2) is 17.3 Å². The number of carboxylic acid groups (broad SMARTS) is 1. The maximum absolute atomic E-state index is 11.8. The lowest BCUT2D eigenvalue weighted by Gasteiger charge is -2.06. The first-order valence-corrected chi connectivity index (χ1v) is 9.01. The van der Waals surface area contributed by atoms with E-state index in [9.17, 15) is 21.6 Å². The van der Waals surface area contributed by atoms with Crippen LogP contribution in [0.4, 0.5) is 0 Å². The van der Waals surface area contributed by atoms with Gasteiger partial charge in [-0.15, -0.1) is 0 Å². The number of carboxylic acids is 1. The Bertz CT molecular complexity index is 694. The van der Waals surface area contributed by atoms with Crippen LogP contribution in [-0.4, -0.2) is 56.5 Å². The van der Waals surface area contributed by atoms with Gasteiger partial charge in [-0.25, -0.2) is 26.3 Å². The van der Waals surface area contributed by atoms with Crippen molar-refractivity contribution in [1.82, 2.24) is 19.2 Å². The molecule has 120 valence electrons. The Morgan fingerprint density at radius 2 is 2.00 bits per heavy atom. The van der Waals surface area contributed by atoms with E-state index >= 15 is 0 Å². The van der Waals surface area contributed by atoms with E-state index in [2.05, 4.69) is 14.5 Å². The van der Waals surface area contributed by atoms with Gasteiger partial charge in [-0.05, 0) is 0 Å². The van der Waals surface area contributed by atoms with Crippen LogP contribution in [0, 0.1) is 0 Å². The van der Waals surface area contributed by atoms with Crippen molar-refractivity contribution in [3.05, 3.63) is 12.4 Å². The number of nitrogens with one attached hydrogen (secondary N) is 2. The number of carbonyl (C=O) groups is 1. The Balaban J connectivity index is 2.65. The number of hydrogen-bond donors (Lipinski definition) is 3. The third-order valence-electron chi connectivity index (χ3n) is 2.24. The van der Waals surface area contributed by atoms with E-state index in [0.717, 1.165) is 17.1 Å². The number of aromatic nitrogens is 2. The second-order valence-corrected chi connectivity index (χ2v) is 7.68. The summed E-state index contributed by atoms with van der Waals surface area (Å²) >= 11 is 0. The zero-order chi connectivity index (χ0) is 16.1. The van der Waals surface area contributed by atoms with Gasteiger partial charge in [0.05, 0.1) is 11.9 Å². The van der Waals surface area contributed by atoms with Gasteiger partial charge >= 0.3 is 5.97 Å². The van der Waals surface area contributed by atoms with Gasteiger partial charge in [0.1, 0.15) is 11.4 Å². The van der Waals surface area contributed by atoms with Gasteiger partial charge in [0.25, 0.3) is 0 Å². The summed E-state index contributed by atoms with van der Waals surface area (Å²) in [5, 5.41) is 12.2. The summed E-state index contributed by atoms with van der Waals surface area (Å²) in [6.45, 7) is 1.06. The van der Waals surface area contributed by atoms with Gasteiger partial charge in [-0.1, -0.05) is 6.92 Å². The lowest BCUT2D eigenvalue weighted by atomic mass is 10.6. The minimum Gasteiger partial charge on any atom is -0.480 e. The van der Waals surface area contributed by atoms with E-state index < -0.39 is 38.3 Å². The van der Waals surface area contributed by atoms with Crippen molar-refractivity contribution in [2.45, 2.75) is 18.4 Å². The first-order valence-electron chi connectivity index (χ1n) is 5.87. The Morgan fingerprint density at radius 3 is 2.57 bits per heavy atom. The molecule has 0 aliphatic rings. The van der Waals surface area contributed by atoms with Gasteiger partial charge in [-0.2, -0.15) is 5.10 Å². The minimum absolute atomic E-state index is 0.219. The Morgan fingerprint density at radius 1 is 1.33 bits per heavy atom. The number of aliphatic carboxylic acids is 1. The highest BCUT2D eigenvalue weighted by atomic mass is 32.2. The molecule has 0 unspecified atom stereocenters. The van der Waals surface area contributed by atoms with E-state index in [4.69, 9.17) is 5.11 Å². The van der Waals surface area contributed by atoms with Crippen LogP contribution in [-0.2, 0) is 31.4 Å². The minimum atomic E-state index is -3.93. The summed E-state index contributed by atoms with van der Waals surface area (Å²) in [7, 11) is -7.45. The van der Waals surface area contributed by atoms with E-state index in [0.29, 0.717) is 0 Å². The standard InChI is InChI=1S/C9H16N4O6S2/c1-2-11-20(16,17)4-3-12-21(18,19)8-5-10-13(6-8)7-9(14)15/h5-6,11-12H,2-4,7H2,1H3,(H,14,15). The number of nitrogens with zero attached hydrogens (tertiary/aromatic N) is 2. The molecule has 0 saturated carbocycles. The molecular formula is C9H16N4O6S2. The molecule has 1 aromatic heterocycles. The lowest BCUT2D eigenvalue weighted by Crippen LogP contribution is -2.34. The average molecular weight is 340 g/mol. The molecule has 0 aromatic carbocycles. The van der Waals surface area contributed by atoms with Crippen molar-refractivity contribution in [3.8, 4) is 0 Å². The Labute approximate surface area is 122 Å². The van der Waals surface area contributed by atoms with Crippen LogP contribution in [0.3, 0.4) is 0 Å². The molecule has 0 radical (unpaired) electrons. The molecule has 0 bridgehead atoms. The third-order valence-corrected chi connectivity index (χ3v) is 5.13. The maximum atomic E-state index is 11.8.